The molecular formula is C16H23N3S. The first kappa shape index (κ1) is 13.8. The molecule has 1 atom stereocenters. The normalized spacial score (nSPS) is 23.9. The van der Waals surface area contributed by atoms with Crippen molar-refractivity contribution in [3.63, 3.8) is 0 Å². The summed E-state index contributed by atoms with van der Waals surface area (Å²) < 4.78 is 0. The van der Waals surface area contributed by atoms with E-state index in [0.717, 1.165) is 44.4 Å². The number of rotatable bonds is 3. The fourth-order valence-electron chi connectivity index (χ4n) is 3.28. The molecule has 2 aliphatic heterocycles. The lowest BCUT2D eigenvalue weighted by molar-refractivity contribution is 0.0854. The van der Waals surface area contributed by atoms with Gasteiger partial charge in [0, 0.05) is 45.3 Å². The molecule has 3 rings (SSSR count). The van der Waals surface area contributed by atoms with Crippen molar-refractivity contribution in [3.8, 4) is 0 Å². The summed E-state index contributed by atoms with van der Waals surface area (Å²) in [6.45, 7) is 8.75. The molecule has 0 saturated carbocycles. The van der Waals surface area contributed by atoms with Crippen LogP contribution in [-0.4, -0.2) is 58.6 Å². The van der Waals surface area contributed by atoms with Crippen LogP contribution in [0.4, 0.5) is 0 Å². The van der Waals surface area contributed by atoms with Crippen molar-refractivity contribution in [1.29, 1.82) is 0 Å². The third kappa shape index (κ3) is 2.81. The van der Waals surface area contributed by atoms with Crippen LogP contribution in [0.5, 0.6) is 0 Å². The van der Waals surface area contributed by atoms with Crippen molar-refractivity contribution in [2.75, 3.05) is 32.7 Å². The maximum Gasteiger partial charge on any atom is 0.171 e. The van der Waals surface area contributed by atoms with Crippen LogP contribution in [0.2, 0.25) is 0 Å². The van der Waals surface area contributed by atoms with E-state index in [-0.39, 0.29) is 0 Å². The summed E-state index contributed by atoms with van der Waals surface area (Å²) in [5, 5.41) is 1.07. The lowest BCUT2D eigenvalue weighted by atomic mass is 10.1. The zero-order valence-corrected chi connectivity index (χ0v) is 13.0. The van der Waals surface area contributed by atoms with Crippen molar-refractivity contribution in [2.24, 2.45) is 0 Å². The summed E-state index contributed by atoms with van der Waals surface area (Å²) in [5.74, 6) is 0. The number of piperazine rings is 1. The van der Waals surface area contributed by atoms with Gasteiger partial charge in [0.15, 0.2) is 5.11 Å². The first-order chi connectivity index (χ1) is 9.78. The van der Waals surface area contributed by atoms with Gasteiger partial charge in [-0.3, -0.25) is 4.90 Å². The molecule has 2 heterocycles. The molecule has 4 heteroatoms. The molecule has 0 amide bonds. The number of hydrogen-bond acceptors (Lipinski definition) is 2. The van der Waals surface area contributed by atoms with E-state index < -0.39 is 0 Å². The van der Waals surface area contributed by atoms with Crippen LogP contribution in [-0.2, 0) is 6.54 Å². The molecule has 2 saturated heterocycles. The first-order valence-electron chi connectivity index (χ1n) is 7.59. The van der Waals surface area contributed by atoms with E-state index in [1.165, 1.54) is 12.0 Å². The summed E-state index contributed by atoms with van der Waals surface area (Å²) in [6.07, 6.45) is 1.24. The summed E-state index contributed by atoms with van der Waals surface area (Å²) in [5.41, 5.74) is 1.41. The maximum atomic E-state index is 5.63. The van der Waals surface area contributed by atoms with Gasteiger partial charge in [-0.1, -0.05) is 30.3 Å². The van der Waals surface area contributed by atoms with Crippen LogP contribution in [0.25, 0.3) is 0 Å². The van der Waals surface area contributed by atoms with Crippen molar-refractivity contribution < 1.29 is 0 Å². The second-order valence-electron chi connectivity index (χ2n) is 5.72. The quantitative estimate of drug-likeness (QED) is 0.789. The van der Waals surface area contributed by atoms with Gasteiger partial charge in [0.05, 0.1) is 0 Å². The SMILES string of the molecule is CCN1CC[C@H]2CN(Cc3ccccc3)CCN2C1=S. The van der Waals surface area contributed by atoms with Gasteiger partial charge >= 0.3 is 0 Å². The van der Waals surface area contributed by atoms with Crippen LogP contribution in [0.1, 0.15) is 18.9 Å². The highest BCUT2D eigenvalue weighted by atomic mass is 32.1. The minimum absolute atomic E-state index is 0.614. The predicted molar refractivity (Wildman–Crippen MR) is 86.7 cm³/mol. The van der Waals surface area contributed by atoms with Gasteiger partial charge in [-0.15, -0.1) is 0 Å². The molecule has 0 radical (unpaired) electrons. The Labute approximate surface area is 127 Å². The van der Waals surface area contributed by atoms with Gasteiger partial charge in [0.25, 0.3) is 0 Å². The van der Waals surface area contributed by atoms with Crippen LogP contribution in [0, 0.1) is 0 Å². The minimum Gasteiger partial charge on any atom is -0.349 e. The van der Waals surface area contributed by atoms with E-state index in [0.29, 0.717) is 6.04 Å². The third-order valence-corrected chi connectivity index (χ3v) is 4.94. The first-order valence-corrected chi connectivity index (χ1v) is 8.00. The van der Waals surface area contributed by atoms with Gasteiger partial charge in [0.1, 0.15) is 0 Å². The standard InChI is InChI=1S/C16H23N3S/c1-2-18-9-8-15-13-17(10-11-19(15)16(18)20)12-14-6-4-3-5-7-14/h3-7,15H,2,8-13H2,1H3/t15-/m0/s1. The van der Waals surface area contributed by atoms with E-state index in [1.807, 2.05) is 0 Å². The number of hydrogen-bond donors (Lipinski definition) is 0. The molecule has 0 N–H and O–H groups in total. The smallest absolute Gasteiger partial charge is 0.171 e. The lowest BCUT2D eigenvalue weighted by Crippen LogP contribution is -2.61. The Kier molecular flexibility index (Phi) is 4.22. The second kappa shape index (κ2) is 6.10. The van der Waals surface area contributed by atoms with Crippen molar-refractivity contribution in [1.82, 2.24) is 14.7 Å². The summed E-state index contributed by atoms with van der Waals surface area (Å²) in [7, 11) is 0. The molecule has 3 nitrogen and oxygen atoms in total. The largest absolute Gasteiger partial charge is 0.349 e. The maximum absolute atomic E-state index is 5.63. The Bertz CT molecular complexity index is 462. The number of benzene rings is 1. The summed E-state index contributed by atoms with van der Waals surface area (Å²) in [6, 6.07) is 11.4. The van der Waals surface area contributed by atoms with E-state index >= 15 is 0 Å². The van der Waals surface area contributed by atoms with E-state index in [2.05, 4.69) is 52.0 Å². The van der Waals surface area contributed by atoms with E-state index in [4.69, 9.17) is 12.2 Å². The lowest BCUT2D eigenvalue weighted by Gasteiger charge is -2.49. The fraction of sp³-hybridized carbons (Fsp3) is 0.562. The average Bonchev–Trinajstić information content (AvgIpc) is 2.49. The molecule has 20 heavy (non-hydrogen) atoms. The third-order valence-electron chi connectivity index (χ3n) is 4.45. The van der Waals surface area contributed by atoms with Crippen LogP contribution >= 0.6 is 12.2 Å². The molecule has 1 aromatic carbocycles. The van der Waals surface area contributed by atoms with Crippen molar-refractivity contribution in [3.05, 3.63) is 35.9 Å². The molecule has 0 spiro atoms. The molecule has 0 unspecified atom stereocenters. The highest BCUT2D eigenvalue weighted by Crippen LogP contribution is 2.21. The predicted octanol–water partition coefficient (Wildman–Crippen LogP) is 2.18. The zero-order valence-electron chi connectivity index (χ0n) is 12.2. The average molecular weight is 289 g/mol. The van der Waals surface area contributed by atoms with Gasteiger partial charge < -0.3 is 9.80 Å². The Morgan fingerprint density at radius 3 is 2.70 bits per heavy atom. The van der Waals surface area contributed by atoms with E-state index in [1.54, 1.807) is 0 Å². The van der Waals surface area contributed by atoms with E-state index in [9.17, 15) is 0 Å². The molecule has 2 fully saturated rings. The highest BCUT2D eigenvalue weighted by Gasteiger charge is 2.33. The summed E-state index contributed by atoms with van der Waals surface area (Å²) in [4.78, 5) is 7.35. The molecule has 2 aliphatic rings. The summed E-state index contributed by atoms with van der Waals surface area (Å²) >= 11 is 5.63. The van der Waals surface area contributed by atoms with Gasteiger partial charge in [-0.05, 0) is 31.1 Å². The molecule has 0 aromatic heterocycles. The molecular weight excluding hydrogens is 266 g/mol. The van der Waals surface area contributed by atoms with Crippen LogP contribution in [0.15, 0.2) is 30.3 Å². The van der Waals surface area contributed by atoms with Gasteiger partial charge in [-0.2, -0.15) is 0 Å². The zero-order chi connectivity index (χ0) is 13.9. The fourth-order valence-corrected chi connectivity index (χ4v) is 3.74. The second-order valence-corrected chi connectivity index (χ2v) is 6.08. The Hall–Kier alpha value is -1.13. The number of thiocarbonyl (C=S) groups is 1. The van der Waals surface area contributed by atoms with Crippen LogP contribution in [0.3, 0.4) is 0 Å². The Morgan fingerprint density at radius 1 is 1.15 bits per heavy atom. The Morgan fingerprint density at radius 2 is 1.95 bits per heavy atom. The minimum atomic E-state index is 0.614. The highest BCUT2D eigenvalue weighted by molar-refractivity contribution is 7.80. The molecule has 0 aliphatic carbocycles. The van der Waals surface area contributed by atoms with Gasteiger partial charge in [-0.25, -0.2) is 0 Å². The van der Waals surface area contributed by atoms with Crippen LogP contribution < -0.4 is 0 Å². The molecule has 1 aromatic rings. The molecule has 0 bridgehead atoms. The number of nitrogens with zero attached hydrogens (tertiary/aromatic N) is 3. The topological polar surface area (TPSA) is 9.72 Å². The molecule has 108 valence electrons. The Balaban J connectivity index is 1.61. The van der Waals surface area contributed by atoms with Crippen molar-refractivity contribution >= 4 is 17.3 Å². The monoisotopic (exact) mass is 289 g/mol. The van der Waals surface area contributed by atoms with Gasteiger partial charge in [0.2, 0.25) is 0 Å². The number of fused-ring (bicyclic) bond motifs is 1. The van der Waals surface area contributed by atoms with Crippen molar-refractivity contribution in [2.45, 2.75) is 25.9 Å².